The molecule has 0 aliphatic carbocycles. The van der Waals surface area contributed by atoms with Crippen LogP contribution in [0.4, 0.5) is 0 Å². The highest BCUT2D eigenvalue weighted by atomic mass is 16.5. The summed E-state index contributed by atoms with van der Waals surface area (Å²) < 4.78 is 4.45. The first-order valence-electron chi connectivity index (χ1n) is 4.32. The zero-order valence-corrected chi connectivity index (χ0v) is 9.25. The second-order valence-corrected chi connectivity index (χ2v) is 2.33. The van der Waals surface area contributed by atoms with Crippen molar-refractivity contribution in [3.8, 4) is 0 Å². The third kappa shape index (κ3) is 5.22. The quantitative estimate of drug-likeness (QED) is 0.610. The van der Waals surface area contributed by atoms with Crippen LogP contribution in [0.15, 0.2) is 0 Å². The number of esters is 1. The number of rotatable bonds is 2. The maximum absolute atomic E-state index is 10.8. The van der Waals surface area contributed by atoms with Gasteiger partial charge in [0.05, 0.1) is 7.11 Å². The lowest BCUT2D eigenvalue weighted by Crippen LogP contribution is -2.39. The largest absolute Gasteiger partial charge is 0.467 e. The third-order valence-electron chi connectivity index (χ3n) is 1.62. The molecule has 0 bridgehead atoms. The lowest BCUT2D eigenvalue weighted by Gasteiger charge is -2.20. The predicted molar refractivity (Wildman–Crippen MR) is 51.3 cm³/mol. The molecule has 4 heteroatoms. The van der Waals surface area contributed by atoms with Crippen LogP contribution >= 0.6 is 0 Å². The second kappa shape index (κ2) is 7.58. The molecule has 0 saturated heterocycles. The second-order valence-electron chi connectivity index (χ2n) is 2.33. The highest BCUT2D eigenvalue weighted by Crippen LogP contribution is 1.97. The van der Waals surface area contributed by atoms with E-state index in [4.69, 9.17) is 0 Å². The van der Waals surface area contributed by atoms with Gasteiger partial charge in [0.25, 0.3) is 0 Å². The number of hydrogen-bond acceptors (Lipinski definition) is 3. The Balaban J connectivity index is 0. The minimum absolute atomic E-state index is 0.150. The van der Waals surface area contributed by atoms with Gasteiger partial charge in [-0.05, 0) is 6.92 Å². The molecule has 1 atom stereocenters. The molecule has 0 spiro atoms. The summed E-state index contributed by atoms with van der Waals surface area (Å²) in [6.45, 7) is 7.02. The molecule has 0 rings (SSSR count). The Kier molecular flexibility index (Phi) is 8.44. The number of nitrogens with zero attached hydrogens (tertiary/aromatic N) is 1. The van der Waals surface area contributed by atoms with E-state index < -0.39 is 12.0 Å². The predicted octanol–water partition coefficient (Wildman–Crippen LogP) is 1.05. The Morgan fingerprint density at radius 1 is 1.31 bits per heavy atom. The first-order chi connectivity index (χ1) is 6.00. The van der Waals surface area contributed by atoms with E-state index in [1.54, 1.807) is 14.0 Å². The van der Waals surface area contributed by atoms with Crippen molar-refractivity contribution in [2.75, 3.05) is 14.2 Å². The molecule has 13 heavy (non-hydrogen) atoms. The summed E-state index contributed by atoms with van der Waals surface area (Å²) in [5, 5.41) is 0. The molecule has 0 radical (unpaired) electrons. The zero-order chi connectivity index (χ0) is 11.0. The summed E-state index contributed by atoms with van der Waals surface area (Å²) in [4.78, 5) is 22.9. The topological polar surface area (TPSA) is 46.6 Å². The molecule has 0 N–H and O–H groups in total. The van der Waals surface area contributed by atoms with Crippen LogP contribution in [0.2, 0.25) is 0 Å². The Hall–Kier alpha value is -1.06. The standard InChI is InChI=1S/C7H13NO3.C2H6/c1-5(7(10)11-4)8(3)6(2)9;1-2/h5H,1-4H3;1-2H3/t5-;/m1./s1. The van der Waals surface area contributed by atoms with E-state index in [1.165, 1.54) is 18.9 Å². The zero-order valence-electron chi connectivity index (χ0n) is 9.25. The minimum atomic E-state index is -0.502. The highest BCUT2D eigenvalue weighted by molar-refractivity contribution is 5.82. The van der Waals surface area contributed by atoms with Crippen molar-refractivity contribution in [2.24, 2.45) is 0 Å². The number of amides is 1. The minimum Gasteiger partial charge on any atom is -0.467 e. The molecule has 0 fully saturated rings. The molecule has 78 valence electrons. The SMILES string of the molecule is CC.COC(=O)[C@@H](C)N(C)C(C)=O. The van der Waals surface area contributed by atoms with Gasteiger partial charge < -0.3 is 9.64 Å². The molecule has 0 heterocycles. The number of carbonyl (C=O) groups is 2. The maximum Gasteiger partial charge on any atom is 0.328 e. The summed E-state index contributed by atoms with van der Waals surface area (Å²) in [6, 6.07) is -0.502. The lowest BCUT2D eigenvalue weighted by atomic mass is 10.3. The van der Waals surface area contributed by atoms with Gasteiger partial charge in [0.15, 0.2) is 0 Å². The van der Waals surface area contributed by atoms with Gasteiger partial charge in [-0.15, -0.1) is 0 Å². The fourth-order valence-corrected chi connectivity index (χ4v) is 0.601. The van der Waals surface area contributed by atoms with Gasteiger partial charge in [-0.3, -0.25) is 4.79 Å². The van der Waals surface area contributed by atoms with Crippen LogP contribution in [-0.4, -0.2) is 37.0 Å². The fraction of sp³-hybridized carbons (Fsp3) is 0.778. The normalized spacial score (nSPS) is 10.6. The molecule has 0 aliphatic rings. The molecule has 0 aliphatic heterocycles. The van der Waals surface area contributed by atoms with E-state index in [2.05, 4.69) is 4.74 Å². The monoisotopic (exact) mass is 189 g/mol. The van der Waals surface area contributed by atoms with Crippen LogP contribution in [-0.2, 0) is 14.3 Å². The summed E-state index contributed by atoms with van der Waals surface area (Å²) in [5.41, 5.74) is 0. The Morgan fingerprint density at radius 2 is 1.69 bits per heavy atom. The molecule has 0 unspecified atom stereocenters. The van der Waals surface area contributed by atoms with Crippen LogP contribution < -0.4 is 0 Å². The van der Waals surface area contributed by atoms with Crippen molar-refractivity contribution in [3.05, 3.63) is 0 Å². The van der Waals surface area contributed by atoms with Crippen LogP contribution in [0.3, 0.4) is 0 Å². The van der Waals surface area contributed by atoms with Crippen molar-refractivity contribution >= 4 is 11.9 Å². The molecule has 0 saturated carbocycles. The van der Waals surface area contributed by atoms with Crippen molar-refractivity contribution < 1.29 is 14.3 Å². The van der Waals surface area contributed by atoms with E-state index in [-0.39, 0.29) is 5.91 Å². The summed E-state index contributed by atoms with van der Waals surface area (Å²) >= 11 is 0. The summed E-state index contributed by atoms with van der Waals surface area (Å²) in [6.07, 6.45) is 0. The van der Waals surface area contributed by atoms with Crippen molar-refractivity contribution in [2.45, 2.75) is 33.7 Å². The first-order valence-corrected chi connectivity index (χ1v) is 4.32. The van der Waals surface area contributed by atoms with E-state index in [1.807, 2.05) is 13.8 Å². The average molecular weight is 189 g/mol. The van der Waals surface area contributed by atoms with Crippen LogP contribution in [0.25, 0.3) is 0 Å². The summed E-state index contributed by atoms with van der Waals surface area (Å²) in [5.74, 6) is -0.550. The van der Waals surface area contributed by atoms with E-state index in [9.17, 15) is 9.59 Å². The van der Waals surface area contributed by atoms with Gasteiger partial charge in [0.1, 0.15) is 6.04 Å². The molecule has 4 nitrogen and oxygen atoms in total. The van der Waals surface area contributed by atoms with Crippen molar-refractivity contribution in [1.82, 2.24) is 4.90 Å². The Morgan fingerprint density at radius 3 is 1.92 bits per heavy atom. The average Bonchev–Trinajstić information content (AvgIpc) is 2.17. The van der Waals surface area contributed by atoms with Crippen LogP contribution in [0.5, 0.6) is 0 Å². The molecule has 1 amide bonds. The number of hydrogen-bond donors (Lipinski definition) is 0. The number of carbonyl (C=O) groups excluding carboxylic acids is 2. The fourth-order valence-electron chi connectivity index (χ4n) is 0.601. The first kappa shape index (κ1) is 14.5. The van der Waals surface area contributed by atoms with Crippen LogP contribution in [0.1, 0.15) is 27.7 Å². The van der Waals surface area contributed by atoms with Gasteiger partial charge in [-0.25, -0.2) is 4.79 Å². The number of ether oxygens (including phenoxy) is 1. The Labute approximate surface area is 79.9 Å². The van der Waals surface area contributed by atoms with Crippen molar-refractivity contribution in [3.63, 3.8) is 0 Å². The van der Waals surface area contributed by atoms with E-state index >= 15 is 0 Å². The van der Waals surface area contributed by atoms with Crippen molar-refractivity contribution in [1.29, 1.82) is 0 Å². The molecule has 0 aromatic heterocycles. The number of likely N-dealkylation sites (N-methyl/N-ethyl adjacent to an activating group) is 1. The molecule has 0 aromatic carbocycles. The Bertz CT molecular complexity index is 168. The van der Waals surface area contributed by atoms with Gasteiger partial charge in [-0.1, -0.05) is 13.8 Å². The third-order valence-corrected chi connectivity index (χ3v) is 1.62. The van der Waals surface area contributed by atoms with E-state index in [0.717, 1.165) is 0 Å². The van der Waals surface area contributed by atoms with Gasteiger partial charge in [0, 0.05) is 14.0 Å². The van der Waals surface area contributed by atoms with Crippen LogP contribution in [0, 0.1) is 0 Å². The van der Waals surface area contributed by atoms with Gasteiger partial charge in [-0.2, -0.15) is 0 Å². The van der Waals surface area contributed by atoms with Gasteiger partial charge in [0.2, 0.25) is 5.91 Å². The number of methoxy groups -OCH3 is 1. The molecular weight excluding hydrogens is 170 g/mol. The molecule has 0 aromatic rings. The molecular formula is C9H19NO3. The van der Waals surface area contributed by atoms with E-state index in [0.29, 0.717) is 0 Å². The summed E-state index contributed by atoms with van der Waals surface area (Å²) in [7, 11) is 2.86. The highest BCUT2D eigenvalue weighted by Gasteiger charge is 2.19. The lowest BCUT2D eigenvalue weighted by molar-refractivity contribution is -0.150. The smallest absolute Gasteiger partial charge is 0.328 e. The van der Waals surface area contributed by atoms with Gasteiger partial charge >= 0.3 is 5.97 Å². The maximum atomic E-state index is 10.8.